The Morgan fingerprint density at radius 1 is 0.885 bits per heavy atom. The van der Waals surface area contributed by atoms with E-state index in [4.69, 9.17) is 14.5 Å². The number of benzene rings is 1. The van der Waals surface area contributed by atoms with Gasteiger partial charge in [0.25, 0.3) is 0 Å². The molecule has 2 aromatic heterocycles. The van der Waals surface area contributed by atoms with E-state index < -0.39 is 0 Å². The number of piperazine rings is 1. The van der Waals surface area contributed by atoms with Crippen LogP contribution in [0.1, 0.15) is 11.3 Å². The molecule has 0 atom stereocenters. The number of hydrogen-bond donors (Lipinski definition) is 0. The van der Waals surface area contributed by atoms with Gasteiger partial charge in [-0.3, -0.25) is 9.80 Å². The lowest BCUT2D eigenvalue weighted by Crippen LogP contribution is -2.45. The Balaban J connectivity index is 1.17. The van der Waals surface area contributed by atoms with Gasteiger partial charge in [-0.25, -0.2) is 4.98 Å². The van der Waals surface area contributed by atoms with Crippen LogP contribution in [0.25, 0.3) is 5.65 Å². The zero-order valence-electron chi connectivity index (χ0n) is 14.7. The third-order valence-electron chi connectivity index (χ3n) is 5.11. The molecule has 1 saturated heterocycles. The van der Waals surface area contributed by atoms with Crippen LogP contribution in [0.4, 0.5) is 0 Å². The Hall–Kier alpha value is -2.57. The Labute approximate surface area is 152 Å². The molecule has 6 heteroatoms. The number of ether oxygens (including phenoxy) is 2. The molecule has 0 bridgehead atoms. The fourth-order valence-electron chi connectivity index (χ4n) is 3.70. The minimum atomic E-state index is 0.334. The van der Waals surface area contributed by atoms with Crippen LogP contribution in [0.5, 0.6) is 11.5 Å². The van der Waals surface area contributed by atoms with Crippen LogP contribution >= 0.6 is 0 Å². The second-order valence-electron chi connectivity index (χ2n) is 6.94. The Morgan fingerprint density at radius 2 is 1.69 bits per heavy atom. The summed E-state index contributed by atoms with van der Waals surface area (Å²) < 4.78 is 13.0. The maximum atomic E-state index is 5.48. The van der Waals surface area contributed by atoms with Gasteiger partial charge in [0.05, 0.1) is 5.69 Å². The van der Waals surface area contributed by atoms with Crippen molar-refractivity contribution in [3.63, 3.8) is 0 Å². The predicted molar refractivity (Wildman–Crippen MR) is 98.3 cm³/mol. The van der Waals surface area contributed by atoms with Crippen molar-refractivity contribution >= 4 is 5.65 Å². The van der Waals surface area contributed by atoms with Crippen molar-refractivity contribution in [2.75, 3.05) is 33.0 Å². The van der Waals surface area contributed by atoms with Gasteiger partial charge in [0.1, 0.15) is 5.65 Å². The highest BCUT2D eigenvalue weighted by Gasteiger charge is 2.19. The molecule has 2 aliphatic heterocycles. The topological polar surface area (TPSA) is 42.2 Å². The molecule has 1 aromatic carbocycles. The molecule has 26 heavy (non-hydrogen) atoms. The molecular weight excluding hydrogens is 328 g/mol. The monoisotopic (exact) mass is 350 g/mol. The largest absolute Gasteiger partial charge is 0.454 e. The van der Waals surface area contributed by atoms with E-state index >= 15 is 0 Å². The van der Waals surface area contributed by atoms with Crippen LogP contribution in [0.3, 0.4) is 0 Å². The standard InChI is InChI=1S/C20H22N4O2/c1-2-6-24-14-17(21-20(24)3-1)13-23-9-7-22(8-10-23)12-16-4-5-18-19(11-16)26-15-25-18/h1-6,11,14H,7-10,12-13,15H2. The molecule has 0 saturated carbocycles. The highest BCUT2D eigenvalue weighted by atomic mass is 16.7. The average molecular weight is 350 g/mol. The van der Waals surface area contributed by atoms with Crippen molar-refractivity contribution in [2.24, 2.45) is 0 Å². The van der Waals surface area contributed by atoms with E-state index in [1.807, 2.05) is 24.3 Å². The summed E-state index contributed by atoms with van der Waals surface area (Å²) in [4.78, 5) is 9.69. The first kappa shape index (κ1) is 15.7. The van der Waals surface area contributed by atoms with Crippen LogP contribution in [-0.4, -0.2) is 52.2 Å². The van der Waals surface area contributed by atoms with Gasteiger partial charge in [0, 0.05) is 51.7 Å². The fourth-order valence-corrected chi connectivity index (χ4v) is 3.70. The van der Waals surface area contributed by atoms with E-state index in [-0.39, 0.29) is 0 Å². The summed E-state index contributed by atoms with van der Waals surface area (Å²) in [6.45, 7) is 6.49. The van der Waals surface area contributed by atoms with E-state index in [1.54, 1.807) is 0 Å². The number of fused-ring (bicyclic) bond motifs is 2. The molecular formula is C20H22N4O2. The summed E-state index contributed by atoms with van der Waals surface area (Å²) in [5.41, 5.74) is 3.44. The number of nitrogens with zero attached hydrogens (tertiary/aromatic N) is 4. The van der Waals surface area contributed by atoms with Gasteiger partial charge < -0.3 is 13.9 Å². The summed E-state index contributed by atoms with van der Waals surface area (Å²) in [5.74, 6) is 1.72. The lowest BCUT2D eigenvalue weighted by molar-refractivity contribution is 0.121. The van der Waals surface area contributed by atoms with Gasteiger partial charge in [-0.05, 0) is 29.8 Å². The first-order valence-electron chi connectivity index (χ1n) is 9.09. The summed E-state index contributed by atoms with van der Waals surface area (Å²) in [6.07, 6.45) is 4.18. The molecule has 134 valence electrons. The molecule has 1 fully saturated rings. The number of hydrogen-bond acceptors (Lipinski definition) is 5. The summed E-state index contributed by atoms with van der Waals surface area (Å²) in [6, 6.07) is 12.4. The number of imidazole rings is 1. The quantitative estimate of drug-likeness (QED) is 0.723. The van der Waals surface area contributed by atoms with E-state index in [0.717, 1.165) is 62.1 Å². The molecule has 2 aliphatic rings. The second-order valence-corrected chi connectivity index (χ2v) is 6.94. The highest BCUT2D eigenvalue weighted by molar-refractivity contribution is 5.44. The fraction of sp³-hybridized carbons (Fsp3) is 0.350. The molecule has 0 N–H and O–H groups in total. The number of rotatable bonds is 4. The molecule has 4 heterocycles. The number of aromatic nitrogens is 2. The smallest absolute Gasteiger partial charge is 0.231 e. The summed E-state index contributed by atoms with van der Waals surface area (Å²) >= 11 is 0. The van der Waals surface area contributed by atoms with Gasteiger partial charge in [0.15, 0.2) is 11.5 Å². The van der Waals surface area contributed by atoms with Crippen LogP contribution < -0.4 is 9.47 Å². The third kappa shape index (κ3) is 3.13. The van der Waals surface area contributed by atoms with Crippen LogP contribution in [-0.2, 0) is 13.1 Å². The average Bonchev–Trinajstić information content (AvgIpc) is 3.29. The third-order valence-corrected chi connectivity index (χ3v) is 5.11. The SMILES string of the molecule is c1ccn2cc(CN3CCN(Cc4ccc5c(c4)OCO5)CC3)nc2c1. The zero-order chi connectivity index (χ0) is 17.3. The molecule has 0 amide bonds. The van der Waals surface area contributed by atoms with Gasteiger partial charge in [-0.1, -0.05) is 12.1 Å². The first-order valence-corrected chi connectivity index (χ1v) is 9.09. The Bertz CT molecular complexity index is 882. The first-order chi connectivity index (χ1) is 12.8. The van der Waals surface area contributed by atoms with Crippen molar-refractivity contribution in [1.29, 1.82) is 0 Å². The Kier molecular flexibility index (Phi) is 3.99. The lowest BCUT2D eigenvalue weighted by Gasteiger charge is -2.34. The molecule has 0 spiro atoms. The minimum absolute atomic E-state index is 0.334. The predicted octanol–water partition coefficient (Wildman–Crippen LogP) is 2.38. The van der Waals surface area contributed by atoms with E-state index in [0.29, 0.717) is 6.79 Å². The second kappa shape index (κ2) is 6.63. The maximum Gasteiger partial charge on any atom is 0.231 e. The van der Waals surface area contributed by atoms with Crippen molar-refractivity contribution in [1.82, 2.24) is 19.2 Å². The van der Waals surface area contributed by atoms with Gasteiger partial charge in [0.2, 0.25) is 6.79 Å². The lowest BCUT2D eigenvalue weighted by atomic mass is 10.1. The molecule has 0 aliphatic carbocycles. The van der Waals surface area contributed by atoms with E-state index in [9.17, 15) is 0 Å². The summed E-state index contributed by atoms with van der Waals surface area (Å²) in [7, 11) is 0. The van der Waals surface area contributed by atoms with Gasteiger partial charge >= 0.3 is 0 Å². The van der Waals surface area contributed by atoms with Crippen molar-refractivity contribution in [2.45, 2.75) is 13.1 Å². The maximum absolute atomic E-state index is 5.48. The minimum Gasteiger partial charge on any atom is -0.454 e. The molecule has 5 rings (SSSR count). The van der Waals surface area contributed by atoms with Crippen LogP contribution in [0.15, 0.2) is 48.8 Å². The zero-order valence-corrected chi connectivity index (χ0v) is 14.7. The normalized spacial score (nSPS) is 17.8. The molecule has 0 radical (unpaired) electrons. The molecule has 6 nitrogen and oxygen atoms in total. The van der Waals surface area contributed by atoms with Crippen LogP contribution in [0.2, 0.25) is 0 Å². The summed E-state index contributed by atoms with van der Waals surface area (Å²) in [5, 5.41) is 0. The van der Waals surface area contributed by atoms with Crippen molar-refractivity contribution < 1.29 is 9.47 Å². The Morgan fingerprint density at radius 3 is 2.54 bits per heavy atom. The van der Waals surface area contributed by atoms with E-state index in [1.165, 1.54) is 5.56 Å². The van der Waals surface area contributed by atoms with Gasteiger partial charge in [-0.2, -0.15) is 0 Å². The molecule has 0 unspecified atom stereocenters. The van der Waals surface area contributed by atoms with Crippen molar-refractivity contribution in [3.05, 3.63) is 60.0 Å². The number of pyridine rings is 1. The highest BCUT2D eigenvalue weighted by Crippen LogP contribution is 2.32. The van der Waals surface area contributed by atoms with E-state index in [2.05, 4.69) is 38.7 Å². The van der Waals surface area contributed by atoms with Gasteiger partial charge in [-0.15, -0.1) is 0 Å². The van der Waals surface area contributed by atoms with Crippen molar-refractivity contribution in [3.8, 4) is 11.5 Å². The molecule has 3 aromatic rings. The van der Waals surface area contributed by atoms with Crippen LogP contribution in [0, 0.1) is 0 Å².